The molecule has 1 aliphatic heterocycles. The first-order valence-corrected chi connectivity index (χ1v) is 8.37. The summed E-state index contributed by atoms with van der Waals surface area (Å²) in [5, 5.41) is 0. The monoisotopic (exact) mass is 307 g/mol. The second kappa shape index (κ2) is 6.76. The van der Waals surface area contributed by atoms with Crippen molar-refractivity contribution >= 4 is 5.91 Å². The summed E-state index contributed by atoms with van der Waals surface area (Å²) in [6.45, 7) is 0.723. The number of halogens is 2. The summed E-state index contributed by atoms with van der Waals surface area (Å²) in [6.07, 6.45) is 7.82. The predicted molar refractivity (Wildman–Crippen MR) is 81.4 cm³/mol. The number of carbonyl (C=O) groups is 1. The smallest absolute Gasteiger partial charge is 0.222 e. The molecular formula is C18H23F2NO. The lowest BCUT2D eigenvalue weighted by atomic mass is 9.87. The molecule has 1 unspecified atom stereocenters. The van der Waals surface area contributed by atoms with Gasteiger partial charge in [0.15, 0.2) is 0 Å². The van der Waals surface area contributed by atoms with Crippen molar-refractivity contribution in [2.24, 2.45) is 5.92 Å². The molecule has 3 rings (SSSR count). The Hall–Kier alpha value is -1.45. The minimum Gasteiger partial charge on any atom is -0.339 e. The van der Waals surface area contributed by atoms with Gasteiger partial charge in [0.25, 0.3) is 0 Å². The van der Waals surface area contributed by atoms with E-state index in [2.05, 4.69) is 0 Å². The lowest BCUT2D eigenvalue weighted by Crippen LogP contribution is -2.47. The van der Waals surface area contributed by atoms with Gasteiger partial charge in [0, 0.05) is 25.1 Å². The first-order chi connectivity index (χ1) is 10.6. The zero-order valence-electron chi connectivity index (χ0n) is 12.9. The van der Waals surface area contributed by atoms with E-state index in [4.69, 9.17) is 0 Å². The fourth-order valence-electron chi connectivity index (χ4n) is 3.85. The van der Waals surface area contributed by atoms with Crippen LogP contribution in [0.3, 0.4) is 0 Å². The van der Waals surface area contributed by atoms with Crippen molar-refractivity contribution in [2.75, 3.05) is 6.54 Å². The highest BCUT2D eigenvalue weighted by atomic mass is 19.1. The van der Waals surface area contributed by atoms with E-state index >= 15 is 0 Å². The Bertz CT molecular complexity index is 540. The summed E-state index contributed by atoms with van der Waals surface area (Å²) in [5.74, 6) is -0.479. The maximum atomic E-state index is 13.8. The topological polar surface area (TPSA) is 20.3 Å². The molecule has 0 spiro atoms. The molecule has 1 saturated heterocycles. The molecule has 1 aliphatic carbocycles. The van der Waals surface area contributed by atoms with Gasteiger partial charge in [-0.2, -0.15) is 0 Å². The molecule has 1 heterocycles. The molecule has 0 bridgehead atoms. The molecule has 2 fully saturated rings. The minimum atomic E-state index is -0.538. The highest BCUT2D eigenvalue weighted by molar-refractivity contribution is 5.77. The van der Waals surface area contributed by atoms with Crippen molar-refractivity contribution in [3.63, 3.8) is 0 Å². The van der Waals surface area contributed by atoms with Crippen LogP contribution in [0, 0.1) is 17.6 Å². The van der Waals surface area contributed by atoms with E-state index in [1.54, 1.807) is 0 Å². The van der Waals surface area contributed by atoms with Crippen LogP contribution in [0.2, 0.25) is 0 Å². The van der Waals surface area contributed by atoms with Crippen LogP contribution in [0.15, 0.2) is 18.2 Å². The van der Waals surface area contributed by atoms with Crippen LogP contribution in [0.4, 0.5) is 8.78 Å². The summed E-state index contributed by atoms with van der Waals surface area (Å²) in [6, 6.07) is 4.17. The SMILES string of the molecule is O=C1CCC(Cc2ccc(F)cc2F)CN1C1CCCCC1. The largest absolute Gasteiger partial charge is 0.339 e. The Morgan fingerprint density at radius 1 is 1.09 bits per heavy atom. The molecule has 0 radical (unpaired) electrons. The number of nitrogens with zero attached hydrogens (tertiary/aromatic N) is 1. The third-order valence-corrected chi connectivity index (χ3v) is 5.08. The first-order valence-electron chi connectivity index (χ1n) is 8.37. The van der Waals surface area contributed by atoms with Crippen LogP contribution in [0.1, 0.15) is 50.5 Å². The second-order valence-corrected chi connectivity index (χ2v) is 6.68. The van der Waals surface area contributed by atoms with Crippen molar-refractivity contribution < 1.29 is 13.6 Å². The van der Waals surface area contributed by atoms with Crippen LogP contribution < -0.4 is 0 Å². The number of carbonyl (C=O) groups excluding carboxylic acids is 1. The van der Waals surface area contributed by atoms with Gasteiger partial charge >= 0.3 is 0 Å². The van der Waals surface area contributed by atoms with Gasteiger partial charge < -0.3 is 4.90 Å². The summed E-state index contributed by atoms with van der Waals surface area (Å²) in [5.41, 5.74) is 0.560. The molecule has 2 nitrogen and oxygen atoms in total. The van der Waals surface area contributed by atoms with Crippen molar-refractivity contribution in [3.05, 3.63) is 35.4 Å². The summed E-state index contributed by atoms with van der Waals surface area (Å²) in [4.78, 5) is 14.2. The van der Waals surface area contributed by atoms with E-state index < -0.39 is 11.6 Å². The van der Waals surface area contributed by atoms with Gasteiger partial charge in [-0.1, -0.05) is 25.3 Å². The number of piperidine rings is 1. The molecule has 1 aromatic carbocycles. The number of rotatable bonds is 3. The maximum Gasteiger partial charge on any atom is 0.222 e. The van der Waals surface area contributed by atoms with Gasteiger partial charge in [0.05, 0.1) is 0 Å². The lowest BCUT2D eigenvalue weighted by Gasteiger charge is -2.40. The molecule has 22 heavy (non-hydrogen) atoms. The standard InChI is InChI=1S/C18H23F2NO/c19-15-8-7-14(17(20)11-15)10-13-6-9-18(22)21(12-13)16-4-2-1-3-5-16/h7-8,11,13,16H,1-6,9-10,12H2. The molecule has 0 N–H and O–H groups in total. The van der Waals surface area contributed by atoms with E-state index in [-0.39, 0.29) is 11.8 Å². The van der Waals surface area contributed by atoms with Gasteiger partial charge in [-0.05, 0) is 43.2 Å². The van der Waals surface area contributed by atoms with Crippen LogP contribution in [-0.4, -0.2) is 23.4 Å². The second-order valence-electron chi connectivity index (χ2n) is 6.68. The highest BCUT2D eigenvalue weighted by Crippen LogP contribution is 2.29. The maximum absolute atomic E-state index is 13.8. The average Bonchev–Trinajstić information content (AvgIpc) is 2.52. The van der Waals surface area contributed by atoms with E-state index in [0.717, 1.165) is 31.9 Å². The summed E-state index contributed by atoms with van der Waals surface area (Å²) in [7, 11) is 0. The zero-order valence-corrected chi connectivity index (χ0v) is 12.9. The van der Waals surface area contributed by atoms with Crippen LogP contribution in [-0.2, 0) is 11.2 Å². The lowest BCUT2D eigenvalue weighted by molar-refractivity contribution is -0.138. The Morgan fingerprint density at radius 2 is 1.86 bits per heavy atom. The van der Waals surface area contributed by atoms with Gasteiger partial charge in [-0.15, -0.1) is 0 Å². The molecule has 0 aromatic heterocycles. The molecular weight excluding hydrogens is 284 g/mol. The van der Waals surface area contributed by atoms with Crippen molar-refractivity contribution in [1.29, 1.82) is 0 Å². The Kier molecular flexibility index (Phi) is 4.74. The van der Waals surface area contributed by atoms with E-state index in [9.17, 15) is 13.6 Å². The number of amides is 1. The number of hydrogen-bond acceptors (Lipinski definition) is 1. The van der Waals surface area contributed by atoms with E-state index in [0.29, 0.717) is 24.4 Å². The molecule has 1 saturated carbocycles. The third-order valence-electron chi connectivity index (χ3n) is 5.08. The molecule has 1 aromatic rings. The normalized spacial score (nSPS) is 23.8. The quantitative estimate of drug-likeness (QED) is 0.824. The minimum absolute atomic E-state index is 0.253. The summed E-state index contributed by atoms with van der Waals surface area (Å²) >= 11 is 0. The van der Waals surface area contributed by atoms with Gasteiger partial charge in [-0.3, -0.25) is 4.79 Å². The number of likely N-dealkylation sites (tertiary alicyclic amines) is 1. The van der Waals surface area contributed by atoms with Gasteiger partial charge in [0.1, 0.15) is 11.6 Å². The Morgan fingerprint density at radius 3 is 2.59 bits per heavy atom. The third kappa shape index (κ3) is 3.47. The zero-order chi connectivity index (χ0) is 15.5. The predicted octanol–water partition coefficient (Wildman–Crippen LogP) is 4.08. The fourth-order valence-corrected chi connectivity index (χ4v) is 3.85. The molecule has 4 heteroatoms. The highest BCUT2D eigenvalue weighted by Gasteiger charge is 2.31. The molecule has 1 atom stereocenters. The Balaban J connectivity index is 1.66. The van der Waals surface area contributed by atoms with Crippen molar-refractivity contribution in [1.82, 2.24) is 4.90 Å². The first kappa shape index (κ1) is 15.4. The molecule has 120 valence electrons. The number of benzene rings is 1. The van der Waals surface area contributed by atoms with Gasteiger partial charge in [-0.25, -0.2) is 8.78 Å². The van der Waals surface area contributed by atoms with E-state index in [1.165, 1.54) is 31.4 Å². The molecule has 1 amide bonds. The average molecular weight is 307 g/mol. The van der Waals surface area contributed by atoms with Gasteiger partial charge in [0.2, 0.25) is 5.91 Å². The number of hydrogen-bond donors (Lipinski definition) is 0. The Labute approximate surface area is 130 Å². The summed E-state index contributed by atoms with van der Waals surface area (Å²) < 4.78 is 26.8. The van der Waals surface area contributed by atoms with Crippen molar-refractivity contribution in [3.8, 4) is 0 Å². The fraction of sp³-hybridized carbons (Fsp3) is 0.611. The van der Waals surface area contributed by atoms with Crippen molar-refractivity contribution in [2.45, 2.75) is 57.4 Å². The van der Waals surface area contributed by atoms with E-state index in [1.807, 2.05) is 4.90 Å². The van der Waals surface area contributed by atoms with Crippen LogP contribution in [0.5, 0.6) is 0 Å². The van der Waals surface area contributed by atoms with Crippen LogP contribution >= 0.6 is 0 Å². The van der Waals surface area contributed by atoms with Crippen LogP contribution in [0.25, 0.3) is 0 Å². The molecule has 2 aliphatic rings.